The fraction of sp³-hybridized carbons (Fsp3) is 0.350. The number of anilines is 2. The lowest BCUT2D eigenvalue weighted by Gasteiger charge is -2.33. The van der Waals surface area contributed by atoms with E-state index < -0.39 is 0 Å². The van der Waals surface area contributed by atoms with Gasteiger partial charge in [0.15, 0.2) is 0 Å². The predicted molar refractivity (Wildman–Crippen MR) is 102 cm³/mol. The molecule has 2 aromatic rings. The number of rotatable bonds is 5. The predicted octanol–water partition coefficient (Wildman–Crippen LogP) is 4.14. The van der Waals surface area contributed by atoms with E-state index in [0.29, 0.717) is 17.5 Å². The topological polar surface area (TPSA) is 41.6 Å². The molecular formula is C20H23ClN2O2. The molecule has 0 aromatic heterocycles. The fourth-order valence-electron chi connectivity index (χ4n) is 3.10. The summed E-state index contributed by atoms with van der Waals surface area (Å²) in [5.41, 5.74) is 2.94. The van der Waals surface area contributed by atoms with Gasteiger partial charge in [-0.05, 0) is 54.8 Å². The molecule has 1 aliphatic rings. The van der Waals surface area contributed by atoms with Crippen molar-refractivity contribution in [2.24, 2.45) is 0 Å². The zero-order valence-corrected chi connectivity index (χ0v) is 15.1. The van der Waals surface area contributed by atoms with Crippen LogP contribution < -0.4 is 10.2 Å². The van der Waals surface area contributed by atoms with Crippen molar-refractivity contribution >= 4 is 28.9 Å². The highest BCUT2D eigenvalue weighted by Gasteiger charge is 2.18. The quantitative estimate of drug-likeness (QED) is 0.873. The van der Waals surface area contributed by atoms with Crippen molar-refractivity contribution in [3.8, 4) is 0 Å². The number of nitrogens with zero attached hydrogens (tertiary/aromatic N) is 1. The molecule has 1 aliphatic heterocycles. The summed E-state index contributed by atoms with van der Waals surface area (Å²) in [4.78, 5) is 14.5. The van der Waals surface area contributed by atoms with Gasteiger partial charge < -0.3 is 15.0 Å². The van der Waals surface area contributed by atoms with Crippen molar-refractivity contribution in [2.75, 3.05) is 30.4 Å². The Morgan fingerprint density at radius 2 is 1.76 bits per heavy atom. The lowest BCUT2D eigenvalue weighted by Crippen LogP contribution is -2.36. The third-order valence-corrected chi connectivity index (χ3v) is 4.82. The summed E-state index contributed by atoms with van der Waals surface area (Å²) in [6.45, 7) is 2.00. The number of hydrogen-bond acceptors (Lipinski definition) is 3. The Labute approximate surface area is 153 Å². The van der Waals surface area contributed by atoms with E-state index in [1.54, 1.807) is 19.2 Å². The van der Waals surface area contributed by atoms with Crippen LogP contribution in [0.2, 0.25) is 5.02 Å². The number of carbonyl (C=O) groups is 1. The van der Waals surface area contributed by atoms with Gasteiger partial charge in [0.05, 0.1) is 12.5 Å². The molecule has 5 heteroatoms. The van der Waals surface area contributed by atoms with Crippen molar-refractivity contribution in [3.05, 3.63) is 59.1 Å². The van der Waals surface area contributed by atoms with Crippen molar-refractivity contribution in [3.63, 3.8) is 0 Å². The molecule has 132 valence electrons. The Bertz CT molecular complexity index is 693. The van der Waals surface area contributed by atoms with E-state index in [4.69, 9.17) is 16.3 Å². The minimum absolute atomic E-state index is 0.0315. The first-order chi connectivity index (χ1) is 12.1. The molecule has 1 amide bonds. The summed E-state index contributed by atoms with van der Waals surface area (Å²) in [6, 6.07) is 15.4. The number of hydrogen-bond donors (Lipinski definition) is 1. The van der Waals surface area contributed by atoms with E-state index in [0.717, 1.165) is 37.2 Å². The largest absolute Gasteiger partial charge is 0.381 e. The molecule has 25 heavy (non-hydrogen) atoms. The van der Waals surface area contributed by atoms with E-state index in [9.17, 15) is 4.79 Å². The van der Waals surface area contributed by atoms with Crippen LogP contribution in [-0.2, 0) is 16.0 Å². The molecule has 0 atom stereocenters. The summed E-state index contributed by atoms with van der Waals surface area (Å²) in [5, 5.41) is 3.62. The number of piperidine rings is 1. The molecule has 1 saturated heterocycles. The second-order valence-corrected chi connectivity index (χ2v) is 6.76. The van der Waals surface area contributed by atoms with Gasteiger partial charge in [0, 0.05) is 36.6 Å². The Morgan fingerprint density at radius 1 is 1.12 bits per heavy atom. The average molecular weight is 359 g/mol. The molecule has 1 fully saturated rings. The van der Waals surface area contributed by atoms with Gasteiger partial charge in [-0.3, -0.25) is 4.79 Å². The number of nitrogens with one attached hydrogen (secondary N) is 1. The normalized spacial score (nSPS) is 15.2. The third-order valence-electron chi connectivity index (χ3n) is 4.57. The second kappa shape index (κ2) is 8.37. The summed E-state index contributed by atoms with van der Waals surface area (Å²) in [6.07, 6.45) is 2.82. The van der Waals surface area contributed by atoms with E-state index in [1.165, 1.54) is 5.69 Å². The Hall–Kier alpha value is -2.04. The van der Waals surface area contributed by atoms with Gasteiger partial charge in [-0.25, -0.2) is 0 Å². The van der Waals surface area contributed by atoms with Gasteiger partial charge in [-0.1, -0.05) is 23.7 Å². The molecule has 0 unspecified atom stereocenters. The van der Waals surface area contributed by atoms with Gasteiger partial charge in [-0.2, -0.15) is 0 Å². The average Bonchev–Trinajstić information content (AvgIpc) is 2.64. The Morgan fingerprint density at radius 3 is 2.36 bits per heavy atom. The highest BCUT2D eigenvalue weighted by Crippen LogP contribution is 2.23. The smallest absolute Gasteiger partial charge is 0.228 e. The maximum absolute atomic E-state index is 12.2. The number of carbonyl (C=O) groups excluding carboxylic acids is 1. The third kappa shape index (κ3) is 4.97. The van der Waals surface area contributed by atoms with Gasteiger partial charge in [0.25, 0.3) is 0 Å². The van der Waals surface area contributed by atoms with E-state index in [-0.39, 0.29) is 5.91 Å². The SMILES string of the molecule is COC1CCN(c2ccc(NC(=O)Cc3ccc(Cl)cc3)cc2)CC1. The van der Waals surface area contributed by atoms with Gasteiger partial charge in [0.2, 0.25) is 5.91 Å². The zero-order chi connectivity index (χ0) is 17.6. The summed E-state index contributed by atoms with van der Waals surface area (Å²) < 4.78 is 5.41. The first kappa shape index (κ1) is 17.8. The van der Waals surface area contributed by atoms with Crippen LogP contribution in [0, 0.1) is 0 Å². The highest BCUT2D eigenvalue weighted by molar-refractivity contribution is 6.30. The maximum atomic E-state index is 12.2. The molecule has 1 heterocycles. The molecule has 0 bridgehead atoms. The van der Waals surface area contributed by atoms with E-state index >= 15 is 0 Å². The standard InChI is InChI=1S/C20H23ClN2O2/c1-25-19-10-12-23(13-11-19)18-8-6-17(7-9-18)22-20(24)14-15-2-4-16(21)5-3-15/h2-9,19H,10-14H2,1H3,(H,22,24). The molecule has 0 spiro atoms. The van der Waals surface area contributed by atoms with Crippen LogP contribution in [-0.4, -0.2) is 32.2 Å². The highest BCUT2D eigenvalue weighted by atomic mass is 35.5. The van der Waals surface area contributed by atoms with Crippen molar-refractivity contribution < 1.29 is 9.53 Å². The molecule has 2 aromatic carbocycles. The van der Waals surface area contributed by atoms with Crippen LogP contribution in [0.5, 0.6) is 0 Å². The molecular weight excluding hydrogens is 336 g/mol. The number of methoxy groups -OCH3 is 1. The number of ether oxygens (including phenoxy) is 1. The molecule has 0 saturated carbocycles. The minimum Gasteiger partial charge on any atom is -0.381 e. The molecule has 1 N–H and O–H groups in total. The molecule has 4 nitrogen and oxygen atoms in total. The van der Waals surface area contributed by atoms with Crippen LogP contribution in [0.1, 0.15) is 18.4 Å². The lowest BCUT2D eigenvalue weighted by atomic mass is 10.1. The fourth-order valence-corrected chi connectivity index (χ4v) is 3.22. The van der Waals surface area contributed by atoms with Gasteiger partial charge in [-0.15, -0.1) is 0 Å². The monoisotopic (exact) mass is 358 g/mol. The lowest BCUT2D eigenvalue weighted by molar-refractivity contribution is -0.115. The molecule has 0 aliphatic carbocycles. The van der Waals surface area contributed by atoms with Crippen LogP contribution in [0.25, 0.3) is 0 Å². The van der Waals surface area contributed by atoms with E-state index in [2.05, 4.69) is 22.3 Å². The number of amides is 1. The van der Waals surface area contributed by atoms with Gasteiger partial charge >= 0.3 is 0 Å². The van der Waals surface area contributed by atoms with Gasteiger partial charge in [0.1, 0.15) is 0 Å². The van der Waals surface area contributed by atoms with Crippen LogP contribution >= 0.6 is 11.6 Å². The van der Waals surface area contributed by atoms with Crippen molar-refractivity contribution in [1.82, 2.24) is 0 Å². The van der Waals surface area contributed by atoms with E-state index in [1.807, 2.05) is 24.3 Å². The number of benzene rings is 2. The summed E-state index contributed by atoms with van der Waals surface area (Å²) in [5.74, 6) is -0.0315. The first-order valence-electron chi connectivity index (χ1n) is 8.56. The summed E-state index contributed by atoms with van der Waals surface area (Å²) >= 11 is 5.86. The van der Waals surface area contributed by atoms with Crippen LogP contribution in [0.4, 0.5) is 11.4 Å². The molecule has 0 radical (unpaired) electrons. The van der Waals surface area contributed by atoms with Crippen molar-refractivity contribution in [2.45, 2.75) is 25.4 Å². The maximum Gasteiger partial charge on any atom is 0.228 e. The zero-order valence-electron chi connectivity index (χ0n) is 14.4. The Kier molecular flexibility index (Phi) is 5.95. The minimum atomic E-state index is -0.0315. The van der Waals surface area contributed by atoms with Crippen LogP contribution in [0.15, 0.2) is 48.5 Å². The van der Waals surface area contributed by atoms with Crippen molar-refractivity contribution in [1.29, 1.82) is 0 Å². The number of halogens is 1. The Balaban J connectivity index is 1.53. The summed E-state index contributed by atoms with van der Waals surface area (Å²) in [7, 11) is 1.78. The second-order valence-electron chi connectivity index (χ2n) is 6.32. The molecule has 3 rings (SSSR count). The first-order valence-corrected chi connectivity index (χ1v) is 8.94. The van der Waals surface area contributed by atoms with Crippen LogP contribution in [0.3, 0.4) is 0 Å².